The zero-order chi connectivity index (χ0) is 14.8. The molecule has 1 fully saturated rings. The maximum absolute atomic E-state index is 12.5. The Kier molecular flexibility index (Phi) is 4.13. The van der Waals surface area contributed by atoms with Gasteiger partial charge >= 0.3 is 6.03 Å². The van der Waals surface area contributed by atoms with E-state index in [1.807, 2.05) is 13.8 Å². The number of carbonyl (C=O) groups is 2. The minimum atomic E-state index is -1.10. The van der Waals surface area contributed by atoms with Gasteiger partial charge in [-0.1, -0.05) is 13.8 Å². The van der Waals surface area contributed by atoms with Gasteiger partial charge in [0.15, 0.2) is 5.54 Å². The summed E-state index contributed by atoms with van der Waals surface area (Å²) in [4.78, 5) is 25.8. The number of rotatable bonds is 6. The van der Waals surface area contributed by atoms with E-state index in [4.69, 9.17) is 4.42 Å². The molecule has 0 spiro atoms. The molecule has 0 saturated carbocycles. The lowest BCUT2D eigenvalue weighted by Crippen LogP contribution is -2.41. The van der Waals surface area contributed by atoms with Crippen molar-refractivity contribution in [1.29, 1.82) is 0 Å². The van der Waals surface area contributed by atoms with E-state index in [0.717, 1.165) is 13.1 Å². The van der Waals surface area contributed by atoms with Crippen molar-refractivity contribution in [1.82, 2.24) is 15.5 Å². The highest BCUT2D eigenvalue weighted by molar-refractivity contribution is 6.06. The molecule has 6 nitrogen and oxygen atoms in total. The van der Waals surface area contributed by atoms with Gasteiger partial charge in [0.1, 0.15) is 5.76 Å². The number of imide groups is 1. The third kappa shape index (κ3) is 2.56. The Hall–Kier alpha value is -1.82. The molecule has 110 valence electrons. The van der Waals surface area contributed by atoms with E-state index in [9.17, 15) is 9.59 Å². The number of hydrogen-bond acceptors (Lipinski definition) is 4. The first-order valence-corrected chi connectivity index (χ1v) is 6.87. The van der Waals surface area contributed by atoms with E-state index >= 15 is 0 Å². The first-order chi connectivity index (χ1) is 9.49. The molecule has 2 heterocycles. The molecule has 3 amide bonds. The summed E-state index contributed by atoms with van der Waals surface area (Å²) >= 11 is 0. The molecular weight excluding hydrogens is 258 g/mol. The summed E-state index contributed by atoms with van der Waals surface area (Å²) in [5.74, 6) is 0.391. The van der Waals surface area contributed by atoms with Crippen molar-refractivity contribution >= 4 is 11.9 Å². The van der Waals surface area contributed by atoms with Gasteiger partial charge in [-0.15, -0.1) is 0 Å². The monoisotopic (exact) mass is 279 g/mol. The van der Waals surface area contributed by atoms with Gasteiger partial charge in [-0.2, -0.15) is 0 Å². The molecular formula is C14H21N3O3. The van der Waals surface area contributed by atoms with Gasteiger partial charge < -0.3 is 15.1 Å². The quantitative estimate of drug-likeness (QED) is 0.770. The molecule has 2 N–H and O–H groups in total. The van der Waals surface area contributed by atoms with Crippen LogP contribution in [0, 0.1) is 5.92 Å². The van der Waals surface area contributed by atoms with Gasteiger partial charge in [0.05, 0.1) is 6.26 Å². The predicted octanol–water partition coefficient (Wildman–Crippen LogP) is 1.29. The van der Waals surface area contributed by atoms with Gasteiger partial charge in [-0.3, -0.25) is 9.69 Å². The largest absolute Gasteiger partial charge is 0.466 e. The molecule has 1 aliphatic rings. The Bertz CT molecular complexity index is 486. The number of hydrogen-bond donors (Lipinski definition) is 2. The average molecular weight is 279 g/mol. The van der Waals surface area contributed by atoms with E-state index in [2.05, 4.69) is 10.6 Å². The molecule has 0 bridgehead atoms. The van der Waals surface area contributed by atoms with Crippen LogP contribution in [0.4, 0.5) is 4.79 Å². The third-order valence-electron chi connectivity index (χ3n) is 3.53. The second-order valence-electron chi connectivity index (χ2n) is 5.36. The predicted molar refractivity (Wildman–Crippen MR) is 74.0 cm³/mol. The molecule has 2 atom stereocenters. The fourth-order valence-corrected chi connectivity index (χ4v) is 2.36. The van der Waals surface area contributed by atoms with Crippen LogP contribution in [-0.4, -0.2) is 36.5 Å². The lowest BCUT2D eigenvalue weighted by molar-refractivity contribution is -0.132. The summed E-state index contributed by atoms with van der Waals surface area (Å²) in [6, 6.07) is 3.04. The molecule has 0 radical (unpaired) electrons. The van der Waals surface area contributed by atoms with Gasteiger partial charge in [-0.25, -0.2) is 4.79 Å². The first-order valence-electron chi connectivity index (χ1n) is 6.87. The molecule has 1 saturated heterocycles. The SMILES string of the molecule is CCNCC(C)CN1C(=O)NC(C)(c2ccco2)C1=O. The number of urea groups is 1. The summed E-state index contributed by atoms with van der Waals surface area (Å²) in [5.41, 5.74) is -1.10. The van der Waals surface area contributed by atoms with Gasteiger partial charge in [-0.05, 0) is 38.1 Å². The molecule has 1 aromatic heterocycles. The Morgan fingerprint density at radius 1 is 1.50 bits per heavy atom. The molecule has 1 aliphatic heterocycles. The lowest BCUT2D eigenvalue weighted by Gasteiger charge is -2.21. The summed E-state index contributed by atoms with van der Waals surface area (Å²) in [6.07, 6.45) is 1.50. The smallest absolute Gasteiger partial charge is 0.325 e. The first kappa shape index (κ1) is 14.6. The van der Waals surface area contributed by atoms with Crippen LogP contribution in [0.5, 0.6) is 0 Å². The molecule has 2 unspecified atom stereocenters. The Balaban J connectivity index is 2.09. The average Bonchev–Trinajstić information content (AvgIpc) is 3.01. The van der Waals surface area contributed by atoms with Crippen molar-refractivity contribution in [3.8, 4) is 0 Å². The number of amides is 3. The van der Waals surface area contributed by atoms with Gasteiger partial charge in [0.2, 0.25) is 0 Å². The normalized spacial score (nSPS) is 24.1. The second-order valence-corrected chi connectivity index (χ2v) is 5.36. The minimum Gasteiger partial charge on any atom is -0.466 e. The standard InChI is InChI=1S/C14H21N3O3/c1-4-15-8-10(2)9-17-12(18)14(3,16-13(17)19)11-6-5-7-20-11/h5-7,10,15H,4,8-9H2,1-3H3,(H,16,19). The summed E-state index contributed by atoms with van der Waals surface area (Å²) in [5, 5.41) is 5.93. The summed E-state index contributed by atoms with van der Waals surface area (Å²) in [7, 11) is 0. The van der Waals surface area contributed by atoms with Gasteiger partial charge in [0.25, 0.3) is 5.91 Å². The second kappa shape index (κ2) is 5.66. The minimum absolute atomic E-state index is 0.198. The van der Waals surface area contributed by atoms with Crippen LogP contribution in [0.1, 0.15) is 26.5 Å². The molecule has 0 aliphatic carbocycles. The summed E-state index contributed by atoms with van der Waals surface area (Å²) < 4.78 is 5.28. The van der Waals surface area contributed by atoms with E-state index < -0.39 is 5.54 Å². The van der Waals surface area contributed by atoms with Crippen LogP contribution in [0.25, 0.3) is 0 Å². The molecule has 0 aromatic carbocycles. The van der Waals surface area contributed by atoms with Crippen molar-refractivity contribution in [3.05, 3.63) is 24.2 Å². The van der Waals surface area contributed by atoms with E-state index in [1.165, 1.54) is 11.2 Å². The zero-order valence-electron chi connectivity index (χ0n) is 12.1. The number of furan rings is 1. The van der Waals surface area contributed by atoms with Gasteiger partial charge in [0, 0.05) is 6.54 Å². The topological polar surface area (TPSA) is 74.6 Å². The Labute approximate surface area is 118 Å². The van der Waals surface area contributed by atoms with Crippen molar-refractivity contribution < 1.29 is 14.0 Å². The third-order valence-corrected chi connectivity index (χ3v) is 3.53. The van der Waals surface area contributed by atoms with Crippen molar-refractivity contribution in [2.75, 3.05) is 19.6 Å². The van der Waals surface area contributed by atoms with E-state index in [-0.39, 0.29) is 17.9 Å². The maximum atomic E-state index is 12.5. The molecule has 1 aromatic rings. The highest BCUT2D eigenvalue weighted by Gasteiger charge is 2.50. The van der Waals surface area contributed by atoms with Crippen LogP contribution in [0.2, 0.25) is 0 Å². The van der Waals surface area contributed by atoms with Crippen molar-refractivity contribution in [2.24, 2.45) is 5.92 Å². The highest BCUT2D eigenvalue weighted by atomic mass is 16.3. The summed E-state index contributed by atoms with van der Waals surface area (Å²) in [6.45, 7) is 7.73. The molecule has 2 rings (SSSR count). The van der Waals surface area contributed by atoms with E-state index in [1.54, 1.807) is 19.1 Å². The van der Waals surface area contributed by atoms with E-state index in [0.29, 0.717) is 12.3 Å². The molecule has 20 heavy (non-hydrogen) atoms. The van der Waals surface area contributed by atoms with Crippen LogP contribution in [0.3, 0.4) is 0 Å². The fraction of sp³-hybridized carbons (Fsp3) is 0.571. The molecule has 6 heteroatoms. The number of carbonyl (C=O) groups excluding carboxylic acids is 2. The maximum Gasteiger partial charge on any atom is 0.325 e. The van der Waals surface area contributed by atoms with Crippen LogP contribution in [-0.2, 0) is 10.3 Å². The lowest BCUT2D eigenvalue weighted by atomic mass is 9.99. The van der Waals surface area contributed by atoms with Crippen LogP contribution >= 0.6 is 0 Å². The van der Waals surface area contributed by atoms with Crippen LogP contribution < -0.4 is 10.6 Å². The van der Waals surface area contributed by atoms with Crippen molar-refractivity contribution in [3.63, 3.8) is 0 Å². The fourth-order valence-electron chi connectivity index (χ4n) is 2.36. The van der Waals surface area contributed by atoms with Crippen LogP contribution in [0.15, 0.2) is 22.8 Å². The van der Waals surface area contributed by atoms with Crippen molar-refractivity contribution in [2.45, 2.75) is 26.3 Å². The zero-order valence-corrected chi connectivity index (χ0v) is 12.1. The highest BCUT2D eigenvalue weighted by Crippen LogP contribution is 2.29. The Morgan fingerprint density at radius 2 is 2.25 bits per heavy atom. The number of nitrogens with one attached hydrogen (secondary N) is 2. The Morgan fingerprint density at radius 3 is 2.85 bits per heavy atom. The number of nitrogens with zero attached hydrogens (tertiary/aromatic N) is 1.